The van der Waals surface area contributed by atoms with Crippen LogP contribution in [0.25, 0.3) is 0 Å². The average Bonchev–Trinajstić information content (AvgIpc) is 3.48. The van der Waals surface area contributed by atoms with Gasteiger partial charge in [0.05, 0.1) is 11.6 Å². The van der Waals surface area contributed by atoms with E-state index in [0.717, 1.165) is 50.0 Å². The van der Waals surface area contributed by atoms with Gasteiger partial charge in [0.1, 0.15) is 17.2 Å². The highest BCUT2D eigenvalue weighted by Gasteiger charge is 2.73. The zero-order chi connectivity index (χ0) is 31.0. The number of amides is 1. The first-order chi connectivity index (χ1) is 20.8. The van der Waals surface area contributed by atoms with Crippen LogP contribution in [0.4, 0.5) is 30.4 Å². The maximum absolute atomic E-state index is 14.6. The summed E-state index contributed by atoms with van der Waals surface area (Å²) in [4.78, 5) is 25.1. The van der Waals surface area contributed by atoms with E-state index in [4.69, 9.17) is 9.51 Å². The van der Waals surface area contributed by atoms with Crippen molar-refractivity contribution in [2.24, 2.45) is 10.8 Å². The molecular weight excluding hydrogens is 571 g/mol. The number of carbonyl (C=O) groups is 1. The number of hydrogen-bond donors (Lipinski definition) is 1. The number of benzene rings is 1. The number of nitrogens with zero attached hydrogens (tertiary/aromatic N) is 4. The lowest BCUT2D eigenvalue weighted by Crippen LogP contribution is -2.71. The molecule has 234 valence electrons. The quantitative estimate of drug-likeness (QED) is 0.267. The summed E-state index contributed by atoms with van der Waals surface area (Å²) in [7, 11) is 0. The number of nitrogens with one attached hydrogen (secondary N) is 1. The molecule has 0 aliphatic heterocycles. The van der Waals surface area contributed by atoms with Crippen LogP contribution >= 0.6 is 0 Å². The van der Waals surface area contributed by atoms with Gasteiger partial charge in [0.15, 0.2) is 5.82 Å². The Balaban J connectivity index is 1.11. The second kappa shape index (κ2) is 9.94. The van der Waals surface area contributed by atoms with E-state index in [9.17, 15) is 18.0 Å². The van der Waals surface area contributed by atoms with Crippen LogP contribution in [0, 0.1) is 10.8 Å². The van der Waals surface area contributed by atoms with Crippen LogP contribution in [0.5, 0.6) is 5.75 Å². The molecule has 6 fully saturated rings. The molecule has 3 aromatic rings. The molecule has 1 amide bonds. The van der Waals surface area contributed by atoms with Crippen LogP contribution < -0.4 is 15.0 Å². The molecule has 1 N–H and O–H groups in total. The molecular formula is C33H38F3N5O3. The first-order valence-corrected chi connectivity index (χ1v) is 15.4. The second-order valence-electron chi connectivity index (χ2n) is 14.7. The summed E-state index contributed by atoms with van der Waals surface area (Å²) in [6.07, 6.45) is 7.80. The third-order valence-corrected chi connectivity index (χ3v) is 10.5. The Morgan fingerprint density at radius 3 is 2.34 bits per heavy atom. The Kier molecular flexibility index (Phi) is 6.57. The molecule has 1 aromatic carbocycles. The monoisotopic (exact) mass is 609 g/mol. The van der Waals surface area contributed by atoms with Gasteiger partial charge in [-0.05, 0) is 93.5 Å². The van der Waals surface area contributed by atoms with Gasteiger partial charge < -0.3 is 19.5 Å². The second-order valence-corrected chi connectivity index (χ2v) is 14.7. The smallest absolute Gasteiger partial charge is 0.387 e. The minimum absolute atomic E-state index is 0.00516. The van der Waals surface area contributed by atoms with E-state index in [-0.39, 0.29) is 27.9 Å². The minimum Gasteiger partial charge on any atom is -0.433 e. The molecule has 6 aliphatic carbocycles. The fourth-order valence-corrected chi connectivity index (χ4v) is 7.90. The highest BCUT2D eigenvalue weighted by Crippen LogP contribution is 2.70. The van der Waals surface area contributed by atoms with Crippen molar-refractivity contribution >= 4 is 23.1 Å². The Morgan fingerprint density at radius 2 is 1.77 bits per heavy atom. The van der Waals surface area contributed by atoms with Crippen molar-refractivity contribution in [3.8, 4) is 5.75 Å². The fraction of sp³-hybridized carbons (Fsp3) is 0.576. The summed E-state index contributed by atoms with van der Waals surface area (Å²) in [5.74, 6) is 1.90. The largest absolute Gasteiger partial charge is 0.433 e. The lowest BCUT2D eigenvalue weighted by molar-refractivity contribution is -0.211. The number of rotatable bonds is 9. The third kappa shape index (κ3) is 5.01. The molecule has 0 saturated heterocycles. The Labute approximate surface area is 254 Å². The van der Waals surface area contributed by atoms with E-state index in [1.165, 1.54) is 12.3 Å². The molecule has 6 aliphatic rings. The van der Waals surface area contributed by atoms with E-state index in [0.29, 0.717) is 43.2 Å². The number of alkyl halides is 3. The fourth-order valence-electron chi connectivity index (χ4n) is 7.90. The number of anilines is 3. The van der Waals surface area contributed by atoms with E-state index in [1.54, 1.807) is 6.07 Å². The van der Waals surface area contributed by atoms with Gasteiger partial charge in [0.2, 0.25) is 11.8 Å². The van der Waals surface area contributed by atoms with Crippen LogP contribution in [0.1, 0.15) is 90.3 Å². The normalized spacial score (nSPS) is 30.4. The van der Waals surface area contributed by atoms with Gasteiger partial charge in [-0.2, -0.15) is 13.8 Å². The molecule has 0 atom stereocenters. The summed E-state index contributed by atoms with van der Waals surface area (Å²) in [5.41, 5.74) is -0.688. The summed E-state index contributed by atoms with van der Waals surface area (Å²) >= 11 is 0. The molecule has 9 rings (SSSR count). The zero-order valence-corrected chi connectivity index (χ0v) is 25.3. The van der Waals surface area contributed by atoms with Gasteiger partial charge in [-0.3, -0.25) is 4.79 Å². The predicted molar refractivity (Wildman–Crippen MR) is 158 cm³/mol. The third-order valence-electron chi connectivity index (χ3n) is 10.5. The van der Waals surface area contributed by atoms with Crippen molar-refractivity contribution in [1.82, 2.24) is 15.1 Å². The van der Waals surface area contributed by atoms with Gasteiger partial charge in [0.25, 0.3) is 0 Å². The summed E-state index contributed by atoms with van der Waals surface area (Å²) < 4.78 is 49.7. The number of pyridine rings is 1. The number of halogens is 3. The Bertz CT molecular complexity index is 1520. The van der Waals surface area contributed by atoms with Crippen LogP contribution in [0.2, 0.25) is 0 Å². The predicted octanol–water partition coefficient (Wildman–Crippen LogP) is 7.62. The Hall–Kier alpha value is -3.63. The molecule has 44 heavy (non-hydrogen) atoms. The van der Waals surface area contributed by atoms with Gasteiger partial charge in [-0.1, -0.05) is 32.0 Å². The molecule has 8 nitrogen and oxygen atoms in total. The number of hydrogen-bond acceptors (Lipinski definition) is 7. The highest BCUT2D eigenvalue weighted by molar-refractivity contribution is 6.00. The number of aromatic nitrogens is 3. The van der Waals surface area contributed by atoms with Crippen LogP contribution in [0.3, 0.4) is 0 Å². The topological polar surface area (TPSA) is 93.4 Å². The molecule has 4 bridgehead atoms. The van der Waals surface area contributed by atoms with Gasteiger partial charge in [0, 0.05) is 28.7 Å². The standard InChI is InChI=1S/C33H38F3N5O3/c1-29(2,3)26-39-25(40-44-26)31-12-9-30(10-13-31,11-14-31)20-41(27(42)32-17-33(36,18-32)19-32)22-6-4-5-21(15-22)38-24-8-7-23(16-37-24)43-28(34)35/h4-8,15-16,28H,9-14,17-20H2,1-3H3,(H,37,38). The summed E-state index contributed by atoms with van der Waals surface area (Å²) in [6, 6.07) is 10.5. The van der Waals surface area contributed by atoms with E-state index >= 15 is 0 Å². The average molecular weight is 610 g/mol. The van der Waals surface area contributed by atoms with Crippen LogP contribution in [-0.2, 0) is 15.6 Å². The van der Waals surface area contributed by atoms with E-state index < -0.39 is 17.7 Å². The molecule has 2 heterocycles. The minimum atomic E-state index is -2.92. The molecule has 2 aromatic heterocycles. The lowest BCUT2D eigenvalue weighted by Gasteiger charge is -2.65. The maximum Gasteiger partial charge on any atom is 0.387 e. The molecule has 0 radical (unpaired) electrons. The van der Waals surface area contributed by atoms with Crippen LogP contribution in [0.15, 0.2) is 47.1 Å². The molecule has 11 heteroatoms. The van der Waals surface area contributed by atoms with Crippen molar-refractivity contribution in [3.05, 3.63) is 54.3 Å². The first kappa shape index (κ1) is 29.1. The number of carbonyl (C=O) groups excluding carboxylic acids is 1. The van der Waals surface area contributed by atoms with Crippen molar-refractivity contribution < 1.29 is 27.2 Å². The molecule has 0 unspecified atom stereocenters. The van der Waals surface area contributed by atoms with Crippen molar-refractivity contribution in [1.29, 1.82) is 0 Å². The van der Waals surface area contributed by atoms with Gasteiger partial charge in [-0.15, -0.1) is 0 Å². The van der Waals surface area contributed by atoms with Gasteiger partial charge >= 0.3 is 6.61 Å². The summed E-state index contributed by atoms with van der Waals surface area (Å²) in [5, 5.41) is 7.62. The summed E-state index contributed by atoms with van der Waals surface area (Å²) in [6.45, 7) is 3.86. The maximum atomic E-state index is 14.6. The van der Waals surface area contributed by atoms with Crippen LogP contribution in [-0.4, -0.2) is 39.9 Å². The van der Waals surface area contributed by atoms with E-state index in [1.807, 2.05) is 29.2 Å². The van der Waals surface area contributed by atoms with Gasteiger partial charge in [-0.25, -0.2) is 9.37 Å². The van der Waals surface area contributed by atoms with Crippen molar-refractivity contribution in [3.63, 3.8) is 0 Å². The molecule has 0 spiro atoms. The van der Waals surface area contributed by atoms with Crippen molar-refractivity contribution in [2.45, 2.75) is 102 Å². The van der Waals surface area contributed by atoms with Crippen molar-refractivity contribution in [2.75, 3.05) is 16.8 Å². The molecule has 6 saturated carbocycles. The highest BCUT2D eigenvalue weighted by atomic mass is 19.3. The Morgan fingerprint density at radius 1 is 1.07 bits per heavy atom. The number of ether oxygens (including phenoxy) is 1. The van der Waals surface area contributed by atoms with E-state index in [2.05, 4.69) is 41.0 Å². The number of fused-ring (bicyclic) bond motifs is 3. The SMILES string of the molecule is CC(C)(C)c1nc(C23CCC(CN(C(=O)C45CC(F)(C4)C5)c4cccc(Nc5ccc(OC(F)F)cn5)c4)(CC2)CC3)no1. The lowest BCUT2D eigenvalue weighted by atomic mass is 9.41. The zero-order valence-electron chi connectivity index (χ0n) is 25.3. The first-order valence-electron chi connectivity index (χ1n) is 15.4.